The van der Waals surface area contributed by atoms with Gasteiger partial charge in [0, 0.05) is 12.6 Å². The highest BCUT2D eigenvalue weighted by Crippen LogP contribution is 2.15. The van der Waals surface area contributed by atoms with Gasteiger partial charge in [-0.15, -0.1) is 0 Å². The van der Waals surface area contributed by atoms with E-state index in [1.807, 2.05) is 13.8 Å². The van der Waals surface area contributed by atoms with Crippen LogP contribution in [0.4, 0.5) is 13.2 Å². The molecule has 0 aliphatic carbocycles. The molecule has 0 spiro atoms. The van der Waals surface area contributed by atoms with Crippen LogP contribution in [0.3, 0.4) is 0 Å². The maximum absolute atomic E-state index is 11.7. The van der Waals surface area contributed by atoms with Gasteiger partial charge in [-0.25, -0.2) is 0 Å². The van der Waals surface area contributed by atoms with Crippen molar-refractivity contribution in [1.82, 2.24) is 0 Å². The van der Waals surface area contributed by atoms with Crippen LogP contribution in [-0.4, -0.2) is 25.4 Å². The molecule has 0 aliphatic heterocycles. The second-order valence-electron chi connectivity index (χ2n) is 4.07. The molecule has 0 aromatic carbocycles. The van der Waals surface area contributed by atoms with Gasteiger partial charge in [-0.1, -0.05) is 13.8 Å². The lowest BCUT2D eigenvalue weighted by atomic mass is 10.00. The van der Waals surface area contributed by atoms with E-state index < -0.39 is 12.8 Å². The van der Waals surface area contributed by atoms with Gasteiger partial charge in [0.15, 0.2) is 0 Å². The summed E-state index contributed by atoms with van der Waals surface area (Å²) in [5.41, 5.74) is 5.78. The number of nitrogens with two attached hydrogens (primary N) is 1. The summed E-state index contributed by atoms with van der Waals surface area (Å²) in [6, 6.07) is 0.132. The van der Waals surface area contributed by atoms with Crippen molar-refractivity contribution in [3.05, 3.63) is 0 Å². The quantitative estimate of drug-likeness (QED) is 0.679. The summed E-state index contributed by atoms with van der Waals surface area (Å²) in [6.45, 7) is 3.07. The van der Waals surface area contributed by atoms with Gasteiger partial charge in [-0.2, -0.15) is 13.2 Å². The SMILES string of the molecule is CC(C)C(N)CCCCOCC(F)(F)F. The molecule has 15 heavy (non-hydrogen) atoms. The van der Waals surface area contributed by atoms with Crippen molar-refractivity contribution in [3.63, 3.8) is 0 Å². The van der Waals surface area contributed by atoms with Gasteiger partial charge in [0.05, 0.1) is 0 Å². The minimum atomic E-state index is -4.21. The Labute approximate surface area is 89.0 Å². The Balaban J connectivity index is 3.26. The van der Waals surface area contributed by atoms with Crippen LogP contribution in [0, 0.1) is 5.92 Å². The van der Waals surface area contributed by atoms with Crippen LogP contribution >= 0.6 is 0 Å². The summed E-state index contributed by atoms with van der Waals surface area (Å²) in [4.78, 5) is 0. The lowest BCUT2D eigenvalue weighted by Gasteiger charge is -2.15. The van der Waals surface area contributed by atoms with E-state index in [9.17, 15) is 13.2 Å². The van der Waals surface area contributed by atoms with Gasteiger partial charge < -0.3 is 10.5 Å². The lowest BCUT2D eigenvalue weighted by molar-refractivity contribution is -0.174. The van der Waals surface area contributed by atoms with Crippen LogP contribution in [0.1, 0.15) is 33.1 Å². The van der Waals surface area contributed by atoms with Gasteiger partial charge in [0.25, 0.3) is 0 Å². The molecule has 0 aliphatic rings. The molecule has 0 aromatic rings. The smallest absolute Gasteiger partial charge is 0.372 e. The first kappa shape index (κ1) is 14.7. The molecule has 0 rings (SSSR count). The van der Waals surface area contributed by atoms with Crippen molar-refractivity contribution < 1.29 is 17.9 Å². The molecule has 0 aromatic heterocycles. The highest BCUT2D eigenvalue weighted by Gasteiger charge is 2.27. The van der Waals surface area contributed by atoms with Gasteiger partial charge in [-0.3, -0.25) is 0 Å². The average molecular weight is 227 g/mol. The fourth-order valence-corrected chi connectivity index (χ4v) is 1.11. The number of ether oxygens (including phenoxy) is 1. The summed E-state index contributed by atoms with van der Waals surface area (Å²) in [5, 5.41) is 0. The van der Waals surface area contributed by atoms with Crippen LogP contribution in [0.5, 0.6) is 0 Å². The van der Waals surface area contributed by atoms with E-state index in [2.05, 4.69) is 4.74 Å². The Morgan fingerprint density at radius 3 is 2.27 bits per heavy atom. The van der Waals surface area contributed by atoms with Gasteiger partial charge in [-0.05, 0) is 25.2 Å². The minimum Gasteiger partial charge on any atom is -0.372 e. The zero-order chi connectivity index (χ0) is 11.9. The predicted molar refractivity (Wildman–Crippen MR) is 53.5 cm³/mol. The molecular weight excluding hydrogens is 207 g/mol. The molecule has 0 radical (unpaired) electrons. The number of halogens is 3. The summed E-state index contributed by atoms with van der Waals surface area (Å²) in [7, 11) is 0. The number of hydrogen-bond donors (Lipinski definition) is 1. The van der Waals surface area contributed by atoms with E-state index in [1.54, 1.807) is 0 Å². The second-order valence-corrected chi connectivity index (χ2v) is 4.07. The third-order valence-electron chi connectivity index (χ3n) is 2.20. The molecule has 1 unspecified atom stereocenters. The lowest BCUT2D eigenvalue weighted by Crippen LogP contribution is -2.26. The predicted octanol–water partition coefficient (Wildman–Crippen LogP) is 2.72. The van der Waals surface area contributed by atoms with Crippen LogP contribution in [0.25, 0.3) is 0 Å². The van der Waals surface area contributed by atoms with Crippen molar-refractivity contribution in [2.45, 2.75) is 45.3 Å². The van der Waals surface area contributed by atoms with Crippen LogP contribution < -0.4 is 5.73 Å². The normalized spacial score (nSPS) is 14.6. The largest absolute Gasteiger partial charge is 0.411 e. The van der Waals surface area contributed by atoms with Crippen molar-refractivity contribution in [2.75, 3.05) is 13.2 Å². The Morgan fingerprint density at radius 2 is 1.80 bits per heavy atom. The molecule has 0 fully saturated rings. The van der Waals surface area contributed by atoms with Crippen molar-refractivity contribution in [1.29, 1.82) is 0 Å². The van der Waals surface area contributed by atoms with E-state index in [1.165, 1.54) is 0 Å². The minimum absolute atomic E-state index is 0.132. The number of alkyl halides is 3. The third-order valence-corrected chi connectivity index (χ3v) is 2.20. The Hall–Kier alpha value is -0.290. The van der Waals surface area contributed by atoms with Crippen molar-refractivity contribution in [2.24, 2.45) is 11.7 Å². The summed E-state index contributed by atoms with van der Waals surface area (Å²) in [5.74, 6) is 0.418. The molecule has 92 valence electrons. The molecule has 0 heterocycles. The van der Waals surface area contributed by atoms with E-state index in [-0.39, 0.29) is 12.6 Å². The Kier molecular flexibility index (Phi) is 6.92. The highest BCUT2D eigenvalue weighted by molar-refractivity contribution is 4.64. The van der Waals surface area contributed by atoms with Gasteiger partial charge in [0.2, 0.25) is 0 Å². The summed E-state index contributed by atoms with van der Waals surface area (Å²) in [6.07, 6.45) is -1.92. The van der Waals surface area contributed by atoms with Gasteiger partial charge in [0.1, 0.15) is 6.61 Å². The topological polar surface area (TPSA) is 35.2 Å². The van der Waals surface area contributed by atoms with E-state index in [4.69, 9.17) is 5.73 Å². The number of unbranched alkanes of at least 4 members (excludes halogenated alkanes) is 1. The number of hydrogen-bond acceptors (Lipinski definition) is 2. The van der Waals surface area contributed by atoms with Crippen LogP contribution in [0.2, 0.25) is 0 Å². The second kappa shape index (κ2) is 7.06. The zero-order valence-electron chi connectivity index (χ0n) is 9.31. The first-order chi connectivity index (χ1) is 6.83. The molecule has 5 heteroatoms. The van der Waals surface area contributed by atoms with Crippen LogP contribution in [-0.2, 0) is 4.74 Å². The van der Waals surface area contributed by atoms with E-state index >= 15 is 0 Å². The first-order valence-corrected chi connectivity index (χ1v) is 5.23. The average Bonchev–Trinajstić information content (AvgIpc) is 2.08. The maximum Gasteiger partial charge on any atom is 0.411 e. The first-order valence-electron chi connectivity index (χ1n) is 5.23. The fourth-order valence-electron chi connectivity index (χ4n) is 1.11. The summed E-state index contributed by atoms with van der Waals surface area (Å²) < 4.78 is 39.4. The van der Waals surface area contributed by atoms with Crippen LogP contribution in [0.15, 0.2) is 0 Å². The molecule has 2 N–H and O–H groups in total. The Bertz CT molecular complexity index is 159. The highest BCUT2D eigenvalue weighted by atomic mass is 19.4. The zero-order valence-corrected chi connectivity index (χ0v) is 9.31. The molecule has 0 bridgehead atoms. The molecule has 1 atom stereocenters. The van der Waals surface area contributed by atoms with Crippen molar-refractivity contribution in [3.8, 4) is 0 Å². The van der Waals surface area contributed by atoms with E-state index in [0.29, 0.717) is 12.3 Å². The fraction of sp³-hybridized carbons (Fsp3) is 1.00. The third kappa shape index (κ3) is 10.0. The molecule has 0 saturated heterocycles. The molecular formula is C10H20F3NO. The molecule has 0 amide bonds. The Morgan fingerprint density at radius 1 is 1.20 bits per heavy atom. The maximum atomic E-state index is 11.7. The molecule has 2 nitrogen and oxygen atoms in total. The van der Waals surface area contributed by atoms with E-state index in [0.717, 1.165) is 12.8 Å². The monoisotopic (exact) mass is 227 g/mol. The van der Waals surface area contributed by atoms with Gasteiger partial charge >= 0.3 is 6.18 Å². The van der Waals surface area contributed by atoms with Crippen molar-refractivity contribution >= 4 is 0 Å². The standard InChI is InChI=1S/C10H20F3NO/c1-8(2)9(14)5-3-4-6-15-7-10(11,12)13/h8-9H,3-7,14H2,1-2H3. The molecule has 0 saturated carbocycles. The summed E-state index contributed by atoms with van der Waals surface area (Å²) >= 11 is 0. The number of rotatable bonds is 7.